The van der Waals surface area contributed by atoms with Gasteiger partial charge in [0.05, 0.1) is 17.1 Å². The van der Waals surface area contributed by atoms with E-state index in [-0.39, 0.29) is 17.8 Å². The van der Waals surface area contributed by atoms with Gasteiger partial charge in [0.2, 0.25) is 0 Å². The van der Waals surface area contributed by atoms with Crippen LogP contribution < -0.4 is 5.32 Å². The van der Waals surface area contributed by atoms with Gasteiger partial charge in [0.25, 0.3) is 5.91 Å². The number of fused-ring (bicyclic) bond motifs is 1. The van der Waals surface area contributed by atoms with Gasteiger partial charge in [-0.15, -0.1) is 0 Å². The van der Waals surface area contributed by atoms with Crippen molar-refractivity contribution in [1.82, 2.24) is 14.9 Å². The van der Waals surface area contributed by atoms with Gasteiger partial charge in [-0.05, 0) is 60.4 Å². The molecule has 0 radical (unpaired) electrons. The molecule has 0 fully saturated rings. The summed E-state index contributed by atoms with van der Waals surface area (Å²) < 4.78 is 15.5. The third kappa shape index (κ3) is 4.97. The van der Waals surface area contributed by atoms with E-state index >= 15 is 0 Å². The van der Waals surface area contributed by atoms with Gasteiger partial charge in [-0.25, -0.2) is 9.37 Å². The highest BCUT2D eigenvalue weighted by atomic mass is 32.2. The van der Waals surface area contributed by atoms with Crippen LogP contribution >= 0.6 is 11.8 Å². The van der Waals surface area contributed by atoms with Crippen molar-refractivity contribution in [1.29, 1.82) is 0 Å². The number of thioether (sulfide) groups is 1. The highest BCUT2D eigenvalue weighted by molar-refractivity contribution is 7.98. The van der Waals surface area contributed by atoms with Crippen LogP contribution in [0.3, 0.4) is 0 Å². The number of nitrogens with one attached hydrogen (secondary N) is 1. The minimum absolute atomic E-state index is 0.232. The molecule has 3 aromatic carbocycles. The lowest BCUT2D eigenvalue weighted by molar-refractivity contribution is 0.0933. The van der Waals surface area contributed by atoms with Crippen LogP contribution in [-0.4, -0.2) is 27.5 Å². The lowest BCUT2D eigenvalue weighted by atomic mass is 10.1. The van der Waals surface area contributed by atoms with Crippen molar-refractivity contribution in [2.24, 2.45) is 0 Å². The molecule has 1 heterocycles. The van der Waals surface area contributed by atoms with Gasteiger partial charge in [-0.3, -0.25) is 4.79 Å². The van der Waals surface area contributed by atoms with E-state index in [0.29, 0.717) is 12.1 Å². The zero-order chi connectivity index (χ0) is 21.6. The Bertz CT molecular complexity index is 1160. The molecule has 1 aromatic heterocycles. The summed E-state index contributed by atoms with van der Waals surface area (Å²) in [6.07, 6.45) is 2.79. The van der Waals surface area contributed by atoms with Gasteiger partial charge < -0.3 is 9.88 Å². The van der Waals surface area contributed by atoms with Crippen LogP contribution in [0.25, 0.3) is 11.0 Å². The van der Waals surface area contributed by atoms with E-state index in [0.717, 1.165) is 29.0 Å². The maximum Gasteiger partial charge on any atom is 0.251 e. The molecule has 0 spiro atoms. The molecule has 0 bridgehead atoms. The predicted molar refractivity (Wildman–Crippen MR) is 125 cm³/mol. The summed E-state index contributed by atoms with van der Waals surface area (Å²) in [5, 5.41) is 3.13. The van der Waals surface area contributed by atoms with Crippen LogP contribution in [0.4, 0.5) is 4.39 Å². The first-order valence-corrected chi connectivity index (χ1v) is 11.6. The zero-order valence-corrected chi connectivity index (χ0v) is 18.1. The number of hydrogen-bond donors (Lipinski definition) is 1. The smallest absolute Gasteiger partial charge is 0.251 e. The number of benzene rings is 3. The fraction of sp³-hybridized carbons (Fsp3) is 0.200. The number of hydrogen-bond acceptors (Lipinski definition) is 3. The molecule has 0 saturated carbocycles. The Morgan fingerprint density at radius 1 is 1.03 bits per heavy atom. The van der Waals surface area contributed by atoms with Crippen LogP contribution in [0, 0.1) is 5.82 Å². The fourth-order valence-corrected chi connectivity index (χ4v) is 4.11. The minimum Gasteiger partial charge on any atom is -0.342 e. The third-order valence-corrected chi connectivity index (χ3v) is 5.85. The zero-order valence-electron chi connectivity index (χ0n) is 17.3. The summed E-state index contributed by atoms with van der Waals surface area (Å²) in [7, 11) is 0. The summed E-state index contributed by atoms with van der Waals surface area (Å²) in [4.78, 5) is 17.8. The van der Waals surface area contributed by atoms with Crippen LogP contribution in [0.15, 0.2) is 78.9 Å². The molecule has 158 valence electrons. The van der Waals surface area contributed by atoms with Crippen molar-refractivity contribution < 1.29 is 9.18 Å². The molecule has 6 heteroatoms. The number of aromatic nitrogens is 2. The quantitative estimate of drug-likeness (QED) is 0.402. The van der Waals surface area contributed by atoms with Crippen LogP contribution in [-0.2, 0) is 6.54 Å². The number of para-hydroxylation sites is 2. The Balaban J connectivity index is 1.71. The van der Waals surface area contributed by atoms with Crippen molar-refractivity contribution in [3.8, 4) is 0 Å². The number of amides is 1. The molecule has 1 N–H and O–H groups in total. The molecule has 4 rings (SSSR count). The number of imidazole rings is 1. The van der Waals surface area contributed by atoms with Gasteiger partial charge in [-0.2, -0.15) is 11.8 Å². The monoisotopic (exact) mass is 433 g/mol. The molecular weight excluding hydrogens is 409 g/mol. The summed E-state index contributed by atoms with van der Waals surface area (Å²) >= 11 is 1.73. The maximum absolute atomic E-state index is 13.3. The molecule has 1 amide bonds. The van der Waals surface area contributed by atoms with Crippen LogP contribution in [0.1, 0.15) is 34.2 Å². The average Bonchev–Trinajstić information content (AvgIpc) is 3.16. The molecule has 0 aliphatic rings. The Morgan fingerprint density at radius 2 is 1.74 bits per heavy atom. The first-order valence-electron chi connectivity index (χ1n) is 10.2. The van der Waals surface area contributed by atoms with Gasteiger partial charge in [0.1, 0.15) is 11.6 Å². The highest BCUT2D eigenvalue weighted by Gasteiger charge is 2.23. The van der Waals surface area contributed by atoms with E-state index in [4.69, 9.17) is 4.98 Å². The van der Waals surface area contributed by atoms with Crippen molar-refractivity contribution in [3.63, 3.8) is 0 Å². The number of rotatable bonds is 8. The lowest BCUT2D eigenvalue weighted by Crippen LogP contribution is -2.31. The molecule has 0 unspecified atom stereocenters. The Morgan fingerprint density at radius 3 is 2.48 bits per heavy atom. The molecule has 0 saturated heterocycles. The Labute approximate surface area is 185 Å². The Kier molecular flexibility index (Phi) is 6.67. The second kappa shape index (κ2) is 9.79. The molecule has 31 heavy (non-hydrogen) atoms. The molecular formula is C25H24FN3OS. The fourth-order valence-electron chi connectivity index (χ4n) is 3.64. The average molecular weight is 434 g/mol. The van der Waals surface area contributed by atoms with Crippen molar-refractivity contribution in [2.45, 2.75) is 19.0 Å². The minimum atomic E-state index is -0.361. The molecule has 0 aliphatic heterocycles. The molecule has 4 nitrogen and oxygen atoms in total. The lowest BCUT2D eigenvalue weighted by Gasteiger charge is -2.20. The van der Waals surface area contributed by atoms with Crippen molar-refractivity contribution in [3.05, 3.63) is 102 Å². The first-order chi connectivity index (χ1) is 15.2. The standard InChI is InChI=1S/C25H24FN3OS/c1-31-16-15-22(28-25(30)19-11-13-20(26)14-12-19)24-27-21-9-5-6-10-23(21)29(24)17-18-7-3-2-4-8-18/h2-14,22H,15-17H2,1H3,(H,28,30)/t22-/m0/s1. The SMILES string of the molecule is CSCC[C@H](NC(=O)c1ccc(F)cc1)c1nc2ccccc2n1Cc1ccccc1. The largest absolute Gasteiger partial charge is 0.342 e. The molecule has 0 aliphatic carbocycles. The second-order valence-corrected chi connectivity index (χ2v) is 8.33. The number of halogens is 1. The summed E-state index contributed by atoms with van der Waals surface area (Å²) in [5.74, 6) is 1.11. The van der Waals surface area contributed by atoms with Gasteiger partial charge in [-0.1, -0.05) is 42.5 Å². The summed E-state index contributed by atoms with van der Waals surface area (Å²) in [6, 6.07) is 23.6. The van der Waals surface area contributed by atoms with E-state index in [9.17, 15) is 9.18 Å². The number of nitrogens with zero attached hydrogens (tertiary/aromatic N) is 2. The number of carbonyl (C=O) groups is 1. The van der Waals surface area contributed by atoms with Gasteiger partial charge >= 0.3 is 0 Å². The van der Waals surface area contributed by atoms with Crippen molar-refractivity contribution in [2.75, 3.05) is 12.0 Å². The van der Waals surface area contributed by atoms with Gasteiger partial charge in [0, 0.05) is 12.1 Å². The first kappa shape index (κ1) is 21.1. The Hall–Kier alpha value is -3.12. The maximum atomic E-state index is 13.3. The second-order valence-electron chi connectivity index (χ2n) is 7.34. The normalized spacial score (nSPS) is 12.1. The third-order valence-electron chi connectivity index (χ3n) is 5.20. The van der Waals surface area contributed by atoms with E-state index in [1.807, 2.05) is 42.7 Å². The van der Waals surface area contributed by atoms with E-state index in [1.54, 1.807) is 11.8 Å². The highest BCUT2D eigenvalue weighted by Crippen LogP contribution is 2.25. The topological polar surface area (TPSA) is 46.9 Å². The van der Waals surface area contributed by atoms with Crippen LogP contribution in [0.2, 0.25) is 0 Å². The van der Waals surface area contributed by atoms with E-state index in [1.165, 1.54) is 29.8 Å². The van der Waals surface area contributed by atoms with Crippen LogP contribution in [0.5, 0.6) is 0 Å². The summed E-state index contributed by atoms with van der Waals surface area (Å²) in [6.45, 7) is 0.666. The van der Waals surface area contributed by atoms with E-state index in [2.05, 4.69) is 28.1 Å². The molecule has 1 atom stereocenters. The van der Waals surface area contributed by atoms with E-state index < -0.39 is 0 Å². The molecule has 4 aromatic rings. The van der Waals surface area contributed by atoms with Crippen molar-refractivity contribution >= 4 is 28.7 Å². The summed E-state index contributed by atoms with van der Waals surface area (Å²) in [5.41, 5.74) is 3.53. The predicted octanol–water partition coefficient (Wildman–Crippen LogP) is 5.45. The number of carbonyl (C=O) groups excluding carboxylic acids is 1. The van der Waals surface area contributed by atoms with Gasteiger partial charge in [0.15, 0.2) is 0 Å².